The first-order valence-corrected chi connectivity index (χ1v) is 7.80. The molecule has 2 rings (SSSR count). The summed E-state index contributed by atoms with van der Waals surface area (Å²) in [5.74, 6) is 0. The number of rotatable bonds is 5. The van der Waals surface area contributed by atoms with Gasteiger partial charge in [-0.1, -0.05) is 6.07 Å². The van der Waals surface area contributed by atoms with Gasteiger partial charge >= 0.3 is 6.03 Å². The van der Waals surface area contributed by atoms with Crippen LogP contribution in [0.25, 0.3) is 0 Å². The monoisotopic (exact) mass is 296 g/mol. The van der Waals surface area contributed by atoms with Crippen LogP contribution >= 0.6 is 22.7 Å². The Morgan fingerprint density at radius 2 is 2.21 bits per heavy atom. The fourth-order valence-corrected chi connectivity index (χ4v) is 3.35. The second-order valence-electron chi connectivity index (χ2n) is 4.06. The topological polar surface area (TPSA) is 61.4 Å². The third-order valence-electron chi connectivity index (χ3n) is 2.77. The summed E-state index contributed by atoms with van der Waals surface area (Å²) in [5.41, 5.74) is -0.365. The van der Waals surface area contributed by atoms with Crippen LogP contribution < -0.4 is 10.6 Å². The van der Waals surface area contributed by atoms with E-state index in [1.807, 2.05) is 41.3 Å². The number of carbonyl (C=O) groups is 1. The van der Waals surface area contributed by atoms with Crippen LogP contribution in [0.15, 0.2) is 34.3 Å². The zero-order valence-electron chi connectivity index (χ0n) is 10.6. The minimum absolute atomic E-state index is 0.149. The van der Waals surface area contributed by atoms with E-state index in [9.17, 15) is 9.90 Å². The van der Waals surface area contributed by atoms with Crippen LogP contribution in [0.4, 0.5) is 4.79 Å². The van der Waals surface area contributed by atoms with Gasteiger partial charge in [0.1, 0.15) is 5.60 Å². The number of thiophene rings is 2. The Morgan fingerprint density at radius 1 is 1.37 bits per heavy atom. The normalized spacial score (nSPS) is 13.8. The van der Waals surface area contributed by atoms with Crippen molar-refractivity contribution in [3.8, 4) is 0 Å². The Hall–Kier alpha value is -1.37. The van der Waals surface area contributed by atoms with E-state index in [1.54, 1.807) is 0 Å². The quantitative estimate of drug-likeness (QED) is 0.793. The summed E-state index contributed by atoms with van der Waals surface area (Å²) in [5, 5.41) is 22.0. The number of carbonyl (C=O) groups excluding carboxylic acids is 1. The minimum Gasteiger partial charge on any atom is -0.378 e. The number of urea groups is 1. The zero-order valence-corrected chi connectivity index (χ0v) is 12.2. The number of aliphatic hydroxyl groups is 1. The van der Waals surface area contributed by atoms with Gasteiger partial charge in [-0.3, -0.25) is 0 Å². The van der Waals surface area contributed by atoms with Gasteiger partial charge in [0.25, 0.3) is 0 Å². The second kappa shape index (κ2) is 6.18. The summed E-state index contributed by atoms with van der Waals surface area (Å²) < 4.78 is 0. The molecule has 0 fully saturated rings. The van der Waals surface area contributed by atoms with Crippen molar-refractivity contribution in [2.75, 3.05) is 13.1 Å². The Labute approximate surface area is 120 Å². The third-order valence-corrected chi connectivity index (χ3v) is 4.47. The lowest BCUT2D eigenvalue weighted by Gasteiger charge is -2.26. The van der Waals surface area contributed by atoms with E-state index in [0.29, 0.717) is 6.54 Å². The first kappa shape index (κ1) is 14.0. The van der Waals surface area contributed by atoms with E-state index >= 15 is 0 Å². The number of hydrogen-bond donors (Lipinski definition) is 3. The van der Waals surface area contributed by atoms with Gasteiger partial charge in [0.2, 0.25) is 0 Å². The van der Waals surface area contributed by atoms with E-state index < -0.39 is 5.60 Å². The highest BCUT2D eigenvalue weighted by molar-refractivity contribution is 7.10. The van der Waals surface area contributed by atoms with Crippen molar-refractivity contribution < 1.29 is 9.90 Å². The fourth-order valence-electron chi connectivity index (χ4n) is 1.78. The van der Waals surface area contributed by atoms with Crippen LogP contribution in [-0.4, -0.2) is 24.2 Å². The maximum atomic E-state index is 11.5. The Morgan fingerprint density at radius 3 is 2.79 bits per heavy atom. The first-order valence-electron chi connectivity index (χ1n) is 5.97. The highest BCUT2D eigenvalue weighted by Gasteiger charge is 2.33. The summed E-state index contributed by atoms with van der Waals surface area (Å²) in [7, 11) is 0. The minimum atomic E-state index is -1.17. The summed E-state index contributed by atoms with van der Waals surface area (Å²) in [6.45, 7) is 2.56. The summed E-state index contributed by atoms with van der Waals surface area (Å²) in [6, 6.07) is 5.38. The zero-order chi connectivity index (χ0) is 13.7. The first-order chi connectivity index (χ1) is 9.16. The molecule has 3 N–H and O–H groups in total. The van der Waals surface area contributed by atoms with Crippen molar-refractivity contribution in [1.29, 1.82) is 0 Å². The van der Waals surface area contributed by atoms with Gasteiger partial charge in [0.05, 0.1) is 6.54 Å². The fraction of sp³-hybridized carbons (Fsp3) is 0.308. The van der Waals surface area contributed by atoms with Crippen LogP contribution in [0.2, 0.25) is 0 Å². The van der Waals surface area contributed by atoms with Crippen molar-refractivity contribution in [3.05, 3.63) is 44.8 Å². The largest absolute Gasteiger partial charge is 0.378 e. The van der Waals surface area contributed by atoms with Gasteiger partial charge in [0, 0.05) is 17.0 Å². The molecule has 6 heteroatoms. The third kappa shape index (κ3) is 3.15. The number of amides is 2. The van der Waals surface area contributed by atoms with E-state index in [-0.39, 0.29) is 12.6 Å². The smallest absolute Gasteiger partial charge is 0.314 e. The predicted molar refractivity (Wildman–Crippen MR) is 78.7 cm³/mol. The highest BCUT2D eigenvalue weighted by atomic mass is 32.1. The molecule has 0 saturated heterocycles. The van der Waals surface area contributed by atoms with Crippen LogP contribution in [0, 0.1) is 0 Å². The maximum absolute atomic E-state index is 11.5. The van der Waals surface area contributed by atoms with Gasteiger partial charge in [-0.15, -0.1) is 11.3 Å². The molecule has 1 unspecified atom stereocenters. The second-order valence-corrected chi connectivity index (χ2v) is 5.79. The molecule has 0 spiro atoms. The number of nitrogens with one attached hydrogen (secondary N) is 2. The molecule has 0 radical (unpaired) electrons. The van der Waals surface area contributed by atoms with Gasteiger partial charge in [0.15, 0.2) is 0 Å². The van der Waals surface area contributed by atoms with Gasteiger partial charge in [-0.05, 0) is 35.2 Å². The van der Waals surface area contributed by atoms with E-state index in [0.717, 1.165) is 10.4 Å². The van der Waals surface area contributed by atoms with Crippen LogP contribution in [0.3, 0.4) is 0 Å². The van der Waals surface area contributed by atoms with Crippen molar-refractivity contribution in [3.63, 3.8) is 0 Å². The summed E-state index contributed by atoms with van der Waals surface area (Å²) >= 11 is 3.00. The molecule has 0 saturated carbocycles. The molecule has 0 aliphatic heterocycles. The summed E-state index contributed by atoms with van der Waals surface area (Å²) in [6.07, 6.45) is 0. The molecule has 2 heterocycles. The van der Waals surface area contributed by atoms with Gasteiger partial charge in [-0.25, -0.2) is 4.79 Å². The molecule has 102 valence electrons. The highest BCUT2D eigenvalue weighted by Crippen LogP contribution is 2.33. The van der Waals surface area contributed by atoms with Gasteiger partial charge in [-0.2, -0.15) is 11.3 Å². The molecular weight excluding hydrogens is 280 g/mol. The molecular formula is C13H16N2O2S2. The summed E-state index contributed by atoms with van der Waals surface area (Å²) in [4.78, 5) is 12.3. The lowest BCUT2D eigenvalue weighted by Crippen LogP contribution is -2.44. The Bertz CT molecular complexity index is 475. The molecule has 2 aromatic heterocycles. The molecule has 2 aromatic rings. The van der Waals surface area contributed by atoms with Gasteiger partial charge < -0.3 is 15.7 Å². The van der Waals surface area contributed by atoms with Crippen LogP contribution in [0.1, 0.15) is 17.4 Å². The predicted octanol–water partition coefficient (Wildman–Crippen LogP) is 2.36. The van der Waals surface area contributed by atoms with Crippen molar-refractivity contribution in [1.82, 2.24) is 10.6 Å². The molecule has 1 atom stereocenters. The Kier molecular flexibility index (Phi) is 4.57. The molecule has 0 aliphatic rings. The average Bonchev–Trinajstić information content (AvgIpc) is 3.08. The lowest BCUT2D eigenvalue weighted by molar-refractivity contribution is 0.0864. The molecule has 2 amide bonds. The van der Waals surface area contributed by atoms with Crippen LogP contribution in [0.5, 0.6) is 0 Å². The molecule has 19 heavy (non-hydrogen) atoms. The standard InChI is InChI=1S/C13H16N2O2S2/c1-2-14-12(16)15-9-13(17,10-5-7-18-8-10)11-4-3-6-19-11/h3-8,17H,2,9H2,1H3,(H2,14,15,16). The van der Waals surface area contributed by atoms with Crippen molar-refractivity contribution in [2.45, 2.75) is 12.5 Å². The Balaban J connectivity index is 2.19. The molecule has 0 bridgehead atoms. The molecule has 0 aliphatic carbocycles. The molecule has 4 nitrogen and oxygen atoms in total. The van der Waals surface area contributed by atoms with E-state index in [2.05, 4.69) is 10.6 Å². The van der Waals surface area contributed by atoms with Crippen molar-refractivity contribution in [2.24, 2.45) is 0 Å². The van der Waals surface area contributed by atoms with Crippen molar-refractivity contribution >= 4 is 28.7 Å². The van der Waals surface area contributed by atoms with E-state index in [1.165, 1.54) is 22.7 Å². The SMILES string of the molecule is CCNC(=O)NCC(O)(c1ccsc1)c1cccs1. The lowest BCUT2D eigenvalue weighted by atomic mass is 9.94. The molecule has 0 aromatic carbocycles. The van der Waals surface area contributed by atoms with E-state index in [4.69, 9.17) is 0 Å². The average molecular weight is 296 g/mol. The van der Waals surface area contributed by atoms with Crippen LogP contribution in [-0.2, 0) is 5.60 Å². The number of hydrogen-bond acceptors (Lipinski definition) is 4. The maximum Gasteiger partial charge on any atom is 0.314 e.